The van der Waals surface area contributed by atoms with Gasteiger partial charge in [0.05, 0.1) is 18.2 Å². The van der Waals surface area contributed by atoms with E-state index in [9.17, 15) is 19.1 Å². The number of carbonyl (C=O) groups is 2. The van der Waals surface area contributed by atoms with Crippen molar-refractivity contribution in [3.63, 3.8) is 0 Å². The van der Waals surface area contributed by atoms with Crippen LogP contribution in [0.4, 0.5) is 4.39 Å². The number of amides is 2. The van der Waals surface area contributed by atoms with Crippen molar-refractivity contribution in [3.8, 4) is 11.3 Å². The summed E-state index contributed by atoms with van der Waals surface area (Å²) in [7, 11) is 1.70. The van der Waals surface area contributed by atoms with Gasteiger partial charge in [0, 0.05) is 23.1 Å². The minimum absolute atomic E-state index is 0.119. The highest BCUT2D eigenvalue weighted by Gasteiger charge is 2.40. The fourth-order valence-electron chi connectivity index (χ4n) is 4.94. The average Bonchev–Trinajstić information content (AvgIpc) is 3.42. The predicted octanol–water partition coefficient (Wildman–Crippen LogP) is 3.23. The number of carbonyl (C=O) groups excluding carboxylic acids is 2. The number of H-pyrrole nitrogens is 1. The smallest absolute Gasteiger partial charge is 0.245 e. The standard InChI is InChI=1S/C28H35FN4O3/c1-16(2)25(32-27(35)17(3)30-4)28(36)33-14-13-24(34)23(33)15-21-20-7-5-6-8-22(20)31-26(21)18-9-11-19(29)12-10-18/h5-12,16-17,23-25,30-31,34H,13-15H2,1-4H3,(H,32,35)/t17-,23-,24?,25-/m0/s1. The molecule has 0 radical (unpaired) electrons. The van der Waals surface area contributed by atoms with Crippen molar-refractivity contribution in [1.29, 1.82) is 0 Å². The molecule has 1 aromatic heterocycles. The Hall–Kier alpha value is -3.23. The highest BCUT2D eigenvalue weighted by Crippen LogP contribution is 2.34. The van der Waals surface area contributed by atoms with Gasteiger partial charge in [-0.2, -0.15) is 0 Å². The Bertz CT molecular complexity index is 1220. The molecule has 3 aromatic rings. The number of likely N-dealkylation sites (tertiary alicyclic amines) is 1. The lowest BCUT2D eigenvalue weighted by atomic mass is 9.95. The molecule has 2 aromatic carbocycles. The Morgan fingerprint density at radius 3 is 2.50 bits per heavy atom. The van der Waals surface area contributed by atoms with Gasteiger partial charge >= 0.3 is 0 Å². The lowest BCUT2D eigenvalue weighted by molar-refractivity contribution is -0.139. The van der Waals surface area contributed by atoms with E-state index in [0.29, 0.717) is 19.4 Å². The van der Waals surface area contributed by atoms with Crippen molar-refractivity contribution >= 4 is 22.7 Å². The SMILES string of the molecule is CN[C@@H](C)C(=O)N[C@H](C(=O)N1CCC(O)[C@@H]1Cc1c(-c2ccc(F)cc2)[nH]c2ccccc12)C(C)C. The number of halogens is 1. The van der Waals surface area contributed by atoms with Crippen LogP contribution in [0.1, 0.15) is 32.8 Å². The Morgan fingerprint density at radius 1 is 1.14 bits per heavy atom. The Balaban J connectivity index is 1.67. The van der Waals surface area contributed by atoms with E-state index in [1.54, 1.807) is 31.0 Å². The van der Waals surface area contributed by atoms with E-state index in [0.717, 1.165) is 27.7 Å². The largest absolute Gasteiger partial charge is 0.391 e. The molecule has 2 amide bonds. The number of fused-ring (bicyclic) bond motifs is 1. The minimum atomic E-state index is -0.694. The Morgan fingerprint density at radius 2 is 1.83 bits per heavy atom. The van der Waals surface area contributed by atoms with Crippen molar-refractivity contribution in [1.82, 2.24) is 20.5 Å². The number of aromatic amines is 1. The third-order valence-corrected chi connectivity index (χ3v) is 7.21. The van der Waals surface area contributed by atoms with Crippen LogP contribution >= 0.6 is 0 Å². The topological polar surface area (TPSA) is 97.5 Å². The fraction of sp³-hybridized carbons (Fsp3) is 0.429. The molecule has 7 nitrogen and oxygen atoms in total. The van der Waals surface area contributed by atoms with Crippen LogP contribution in [0.15, 0.2) is 48.5 Å². The monoisotopic (exact) mass is 494 g/mol. The minimum Gasteiger partial charge on any atom is -0.391 e. The molecule has 1 aliphatic rings. The molecule has 0 bridgehead atoms. The number of aliphatic hydroxyl groups is 1. The van der Waals surface area contributed by atoms with Crippen LogP contribution < -0.4 is 10.6 Å². The second-order valence-electron chi connectivity index (χ2n) is 9.93. The summed E-state index contributed by atoms with van der Waals surface area (Å²) in [6, 6.07) is 12.6. The molecule has 192 valence electrons. The molecule has 0 saturated carbocycles. The van der Waals surface area contributed by atoms with Gasteiger partial charge < -0.3 is 25.6 Å². The number of hydrogen-bond acceptors (Lipinski definition) is 4. The number of hydrogen-bond donors (Lipinski definition) is 4. The molecular weight excluding hydrogens is 459 g/mol. The van der Waals surface area contributed by atoms with Crippen LogP contribution in [-0.2, 0) is 16.0 Å². The van der Waals surface area contributed by atoms with Crippen LogP contribution in [0.2, 0.25) is 0 Å². The summed E-state index contributed by atoms with van der Waals surface area (Å²) < 4.78 is 13.6. The average molecular weight is 495 g/mol. The Labute approximate surface area is 211 Å². The molecule has 0 spiro atoms. The summed E-state index contributed by atoms with van der Waals surface area (Å²) >= 11 is 0. The zero-order valence-corrected chi connectivity index (χ0v) is 21.2. The van der Waals surface area contributed by atoms with Crippen molar-refractivity contribution in [2.75, 3.05) is 13.6 Å². The number of para-hydroxylation sites is 1. The van der Waals surface area contributed by atoms with Crippen molar-refractivity contribution in [2.45, 2.75) is 57.8 Å². The van der Waals surface area contributed by atoms with E-state index in [4.69, 9.17) is 0 Å². The van der Waals surface area contributed by atoms with E-state index in [1.165, 1.54) is 12.1 Å². The summed E-state index contributed by atoms with van der Waals surface area (Å²) in [5.41, 5.74) is 3.58. The summed E-state index contributed by atoms with van der Waals surface area (Å²) in [6.07, 6.45) is 0.203. The molecule has 1 unspecified atom stereocenters. The first-order valence-corrected chi connectivity index (χ1v) is 12.5. The van der Waals surface area contributed by atoms with Gasteiger partial charge in [-0.15, -0.1) is 0 Å². The van der Waals surface area contributed by atoms with Crippen LogP contribution in [0.25, 0.3) is 22.2 Å². The van der Waals surface area contributed by atoms with Gasteiger partial charge in [0.1, 0.15) is 11.9 Å². The summed E-state index contributed by atoms with van der Waals surface area (Å²) in [6.45, 7) is 5.97. The van der Waals surface area contributed by atoms with E-state index in [1.807, 2.05) is 38.1 Å². The molecule has 0 aliphatic carbocycles. The van der Waals surface area contributed by atoms with Gasteiger partial charge in [-0.05, 0) is 74.2 Å². The number of rotatable bonds is 8. The molecule has 1 fully saturated rings. The number of nitrogens with one attached hydrogen (secondary N) is 3. The quantitative estimate of drug-likeness (QED) is 0.387. The second kappa shape index (κ2) is 10.8. The predicted molar refractivity (Wildman–Crippen MR) is 139 cm³/mol. The first-order chi connectivity index (χ1) is 17.2. The first kappa shape index (κ1) is 25.9. The maximum Gasteiger partial charge on any atom is 0.245 e. The summed E-state index contributed by atoms with van der Waals surface area (Å²) in [4.78, 5) is 31.4. The number of nitrogens with zero attached hydrogens (tertiary/aromatic N) is 1. The Kier molecular flexibility index (Phi) is 7.76. The van der Waals surface area contributed by atoms with Crippen LogP contribution in [0.5, 0.6) is 0 Å². The zero-order chi connectivity index (χ0) is 26.0. The van der Waals surface area contributed by atoms with E-state index in [-0.39, 0.29) is 23.5 Å². The molecule has 4 rings (SSSR count). The van der Waals surface area contributed by atoms with Crippen LogP contribution in [0, 0.1) is 11.7 Å². The van der Waals surface area contributed by atoms with Crippen LogP contribution in [0.3, 0.4) is 0 Å². The van der Waals surface area contributed by atoms with Gasteiger partial charge in [-0.25, -0.2) is 4.39 Å². The van der Waals surface area contributed by atoms with Crippen molar-refractivity contribution in [3.05, 3.63) is 59.9 Å². The van der Waals surface area contributed by atoms with E-state index < -0.39 is 24.2 Å². The molecule has 1 aliphatic heterocycles. The summed E-state index contributed by atoms with van der Waals surface area (Å²) in [5.74, 6) is -0.858. The van der Waals surface area contributed by atoms with Crippen molar-refractivity contribution in [2.24, 2.45) is 5.92 Å². The highest BCUT2D eigenvalue weighted by molar-refractivity contribution is 5.92. The van der Waals surface area contributed by atoms with E-state index in [2.05, 4.69) is 15.6 Å². The number of aromatic nitrogens is 1. The highest BCUT2D eigenvalue weighted by atomic mass is 19.1. The molecule has 4 atom stereocenters. The molecule has 36 heavy (non-hydrogen) atoms. The molecule has 1 saturated heterocycles. The number of aliphatic hydroxyl groups excluding tert-OH is 1. The first-order valence-electron chi connectivity index (χ1n) is 12.5. The normalized spacial score (nSPS) is 19.6. The fourth-order valence-corrected chi connectivity index (χ4v) is 4.94. The van der Waals surface area contributed by atoms with Gasteiger partial charge in [0.2, 0.25) is 11.8 Å². The van der Waals surface area contributed by atoms with Crippen LogP contribution in [-0.4, -0.2) is 64.6 Å². The second-order valence-corrected chi connectivity index (χ2v) is 9.93. The third kappa shape index (κ3) is 5.15. The number of benzene rings is 2. The van der Waals surface area contributed by atoms with Crippen molar-refractivity contribution < 1.29 is 19.1 Å². The molecule has 4 N–H and O–H groups in total. The lowest BCUT2D eigenvalue weighted by Gasteiger charge is -2.32. The maximum absolute atomic E-state index is 13.7. The number of likely N-dealkylation sites (N-methyl/N-ethyl adjacent to an activating group) is 1. The molecular formula is C28H35FN4O3. The van der Waals surface area contributed by atoms with Gasteiger partial charge in [0.15, 0.2) is 0 Å². The molecule has 8 heteroatoms. The zero-order valence-electron chi connectivity index (χ0n) is 21.2. The van der Waals surface area contributed by atoms with Gasteiger partial charge in [-0.1, -0.05) is 32.0 Å². The lowest BCUT2D eigenvalue weighted by Crippen LogP contribution is -2.56. The van der Waals surface area contributed by atoms with Gasteiger partial charge in [0.25, 0.3) is 0 Å². The van der Waals surface area contributed by atoms with Gasteiger partial charge in [-0.3, -0.25) is 9.59 Å². The maximum atomic E-state index is 13.7. The molecule has 2 heterocycles. The third-order valence-electron chi connectivity index (χ3n) is 7.21. The summed E-state index contributed by atoms with van der Waals surface area (Å²) in [5, 5.41) is 17.8. The van der Waals surface area contributed by atoms with E-state index >= 15 is 0 Å².